The molecule has 0 unspecified atom stereocenters. The minimum absolute atomic E-state index is 0.146. The molecule has 0 aliphatic heterocycles. The number of primary amides is 1. The van der Waals surface area contributed by atoms with Gasteiger partial charge in [-0.1, -0.05) is 13.8 Å². The number of nitrogens with two attached hydrogens (primary N) is 1. The van der Waals surface area contributed by atoms with Crippen LogP contribution >= 0.6 is 0 Å². The van der Waals surface area contributed by atoms with Gasteiger partial charge in [-0.2, -0.15) is 0 Å². The molecule has 1 aromatic heterocycles. The number of aromatic nitrogens is 1. The number of nitrogens with zero attached hydrogens (tertiary/aromatic N) is 2. The molecule has 3 N–H and O–H groups in total. The first kappa shape index (κ1) is 14.4. The predicted octanol–water partition coefficient (Wildman–Crippen LogP) is 1.18. The van der Waals surface area contributed by atoms with Crippen molar-refractivity contribution in [1.29, 1.82) is 0 Å². The van der Waals surface area contributed by atoms with E-state index < -0.39 is 5.91 Å². The third-order valence-corrected chi connectivity index (χ3v) is 2.54. The molecular formula is C13H22N4O. The van der Waals surface area contributed by atoms with Crippen LogP contribution in [0.15, 0.2) is 18.3 Å². The summed E-state index contributed by atoms with van der Waals surface area (Å²) in [7, 11) is 4.11. The van der Waals surface area contributed by atoms with Crippen LogP contribution in [0.25, 0.3) is 0 Å². The highest BCUT2D eigenvalue weighted by molar-refractivity contribution is 5.92. The zero-order chi connectivity index (χ0) is 13.8. The Hall–Kier alpha value is -1.62. The molecule has 0 aromatic carbocycles. The first-order chi connectivity index (χ1) is 8.30. The van der Waals surface area contributed by atoms with Gasteiger partial charge in [0.1, 0.15) is 5.82 Å². The fourth-order valence-corrected chi connectivity index (χ4v) is 1.89. The van der Waals surface area contributed by atoms with Gasteiger partial charge in [-0.15, -0.1) is 0 Å². The molecule has 1 aromatic rings. The summed E-state index contributed by atoms with van der Waals surface area (Å²) in [6.45, 7) is 6.18. The molecule has 0 aliphatic carbocycles. The van der Waals surface area contributed by atoms with E-state index in [1.165, 1.54) is 6.20 Å². The Bertz CT molecular complexity index is 398. The molecule has 1 heterocycles. The maximum Gasteiger partial charge on any atom is 0.250 e. The Labute approximate surface area is 108 Å². The fourth-order valence-electron chi connectivity index (χ4n) is 1.89. The summed E-state index contributed by atoms with van der Waals surface area (Å²) >= 11 is 0. The molecule has 0 saturated heterocycles. The van der Waals surface area contributed by atoms with Gasteiger partial charge in [0.05, 0.1) is 5.56 Å². The van der Waals surface area contributed by atoms with Crippen LogP contribution in [0, 0.1) is 5.41 Å². The Morgan fingerprint density at radius 3 is 2.56 bits per heavy atom. The number of pyridine rings is 1. The van der Waals surface area contributed by atoms with Crippen molar-refractivity contribution >= 4 is 11.7 Å². The van der Waals surface area contributed by atoms with Crippen LogP contribution < -0.4 is 11.1 Å². The largest absolute Gasteiger partial charge is 0.369 e. The molecule has 100 valence electrons. The predicted molar refractivity (Wildman–Crippen MR) is 73.6 cm³/mol. The second kappa shape index (κ2) is 5.82. The fraction of sp³-hybridized carbons (Fsp3) is 0.538. The van der Waals surface area contributed by atoms with Crippen molar-refractivity contribution in [3.8, 4) is 0 Å². The van der Waals surface area contributed by atoms with E-state index in [4.69, 9.17) is 5.73 Å². The molecule has 0 radical (unpaired) electrons. The minimum atomic E-state index is -0.456. The van der Waals surface area contributed by atoms with Gasteiger partial charge in [0, 0.05) is 19.3 Å². The summed E-state index contributed by atoms with van der Waals surface area (Å²) in [5, 5.41) is 3.27. The number of carbonyl (C=O) groups is 1. The van der Waals surface area contributed by atoms with E-state index in [2.05, 4.69) is 43.1 Å². The summed E-state index contributed by atoms with van der Waals surface area (Å²) in [6.07, 6.45) is 1.49. The number of hydrogen-bond donors (Lipinski definition) is 2. The molecule has 1 amide bonds. The molecule has 0 aliphatic rings. The quantitative estimate of drug-likeness (QED) is 0.795. The Morgan fingerprint density at radius 1 is 1.44 bits per heavy atom. The van der Waals surface area contributed by atoms with E-state index in [0.29, 0.717) is 5.56 Å². The van der Waals surface area contributed by atoms with Crippen LogP contribution in [-0.2, 0) is 0 Å². The lowest BCUT2D eigenvalue weighted by molar-refractivity contribution is 0.1000. The second-order valence-electron chi connectivity index (χ2n) is 5.55. The Balaban J connectivity index is 2.55. The molecule has 0 bridgehead atoms. The lowest BCUT2D eigenvalue weighted by Gasteiger charge is -2.28. The zero-order valence-corrected chi connectivity index (χ0v) is 11.5. The average Bonchev–Trinajstić information content (AvgIpc) is 2.25. The standard InChI is InChI=1S/C13H22N4O/c1-13(2,9-17(3)4)8-16-11-6-5-10(7-15-11)12(14)18/h5-7H,8-9H2,1-4H3,(H2,14,18)(H,15,16). The van der Waals surface area contributed by atoms with Gasteiger partial charge in [-0.3, -0.25) is 4.79 Å². The summed E-state index contributed by atoms with van der Waals surface area (Å²) in [5.74, 6) is 0.300. The molecular weight excluding hydrogens is 228 g/mol. The van der Waals surface area contributed by atoms with Crippen molar-refractivity contribution in [3.63, 3.8) is 0 Å². The Kier molecular flexibility index (Phi) is 4.67. The average molecular weight is 250 g/mol. The highest BCUT2D eigenvalue weighted by Gasteiger charge is 2.18. The lowest BCUT2D eigenvalue weighted by atomic mass is 9.93. The summed E-state index contributed by atoms with van der Waals surface area (Å²) in [6, 6.07) is 3.45. The molecule has 0 fully saturated rings. The van der Waals surface area contributed by atoms with Crippen molar-refractivity contribution in [2.75, 3.05) is 32.5 Å². The van der Waals surface area contributed by atoms with Gasteiger partial charge in [-0.25, -0.2) is 4.98 Å². The maximum atomic E-state index is 10.9. The number of hydrogen-bond acceptors (Lipinski definition) is 4. The third kappa shape index (κ3) is 4.71. The zero-order valence-electron chi connectivity index (χ0n) is 11.5. The number of amides is 1. The minimum Gasteiger partial charge on any atom is -0.369 e. The van der Waals surface area contributed by atoms with Crippen molar-refractivity contribution in [2.24, 2.45) is 11.1 Å². The van der Waals surface area contributed by atoms with Crippen molar-refractivity contribution in [1.82, 2.24) is 9.88 Å². The third-order valence-electron chi connectivity index (χ3n) is 2.54. The first-order valence-electron chi connectivity index (χ1n) is 5.95. The summed E-state index contributed by atoms with van der Waals surface area (Å²) in [4.78, 5) is 17.2. The van der Waals surface area contributed by atoms with Crippen LogP contribution in [0.3, 0.4) is 0 Å². The number of anilines is 1. The topological polar surface area (TPSA) is 71.2 Å². The van der Waals surface area contributed by atoms with Gasteiger partial charge in [0.15, 0.2) is 0 Å². The van der Waals surface area contributed by atoms with E-state index in [9.17, 15) is 4.79 Å². The maximum absolute atomic E-state index is 10.9. The number of nitrogens with one attached hydrogen (secondary N) is 1. The van der Waals surface area contributed by atoms with E-state index >= 15 is 0 Å². The summed E-state index contributed by atoms with van der Waals surface area (Å²) in [5.41, 5.74) is 5.73. The van der Waals surface area contributed by atoms with Gasteiger partial charge in [0.2, 0.25) is 5.91 Å². The van der Waals surface area contributed by atoms with Gasteiger partial charge in [0.25, 0.3) is 0 Å². The molecule has 18 heavy (non-hydrogen) atoms. The van der Waals surface area contributed by atoms with Crippen molar-refractivity contribution in [3.05, 3.63) is 23.9 Å². The van der Waals surface area contributed by atoms with E-state index in [-0.39, 0.29) is 5.41 Å². The van der Waals surface area contributed by atoms with Gasteiger partial charge >= 0.3 is 0 Å². The summed E-state index contributed by atoms with van der Waals surface area (Å²) < 4.78 is 0. The molecule has 5 nitrogen and oxygen atoms in total. The number of carbonyl (C=O) groups excluding carboxylic acids is 1. The highest BCUT2D eigenvalue weighted by Crippen LogP contribution is 2.16. The molecule has 5 heteroatoms. The number of rotatable bonds is 6. The molecule has 0 spiro atoms. The Morgan fingerprint density at radius 2 is 2.11 bits per heavy atom. The van der Waals surface area contributed by atoms with Crippen LogP contribution in [0.5, 0.6) is 0 Å². The van der Waals surface area contributed by atoms with E-state index in [1.54, 1.807) is 12.1 Å². The SMILES string of the molecule is CN(C)CC(C)(C)CNc1ccc(C(N)=O)cn1. The van der Waals surface area contributed by atoms with Crippen LogP contribution in [0.1, 0.15) is 24.2 Å². The van der Waals surface area contributed by atoms with E-state index in [0.717, 1.165) is 18.9 Å². The van der Waals surface area contributed by atoms with Crippen molar-refractivity contribution < 1.29 is 4.79 Å². The highest BCUT2D eigenvalue weighted by atomic mass is 16.1. The first-order valence-corrected chi connectivity index (χ1v) is 5.95. The van der Waals surface area contributed by atoms with Crippen LogP contribution in [-0.4, -0.2) is 43.0 Å². The monoisotopic (exact) mass is 250 g/mol. The van der Waals surface area contributed by atoms with E-state index in [1.807, 2.05) is 0 Å². The lowest BCUT2D eigenvalue weighted by Crippen LogP contribution is -2.34. The normalized spacial score (nSPS) is 11.6. The van der Waals surface area contributed by atoms with Crippen LogP contribution in [0.2, 0.25) is 0 Å². The second-order valence-corrected chi connectivity index (χ2v) is 5.55. The smallest absolute Gasteiger partial charge is 0.250 e. The molecule has 1 rings (SSSR count). The van der Waals surface area contributed by atoms with Crippen molar-refractivity contribution in [2.45, 2.75) is 13.8 Å². The molecule has 0 atom stereocenters. The van der Waals surface area contributed by atoms with Gasteiger partial charge in [-0.05, 0) is 31.6 Å². The molecule has 0 saturated carbocycles. The van der Waals surface area contributed by atoms with Gasteiger partial charge < -0.3 is 16.0 Å². The van der Waals surface area contributed by atoms with Crippen LogP contribution in [0.4, 0.5) is 5.82 Å².